The number of amides is 3. The predicted molar refractivity (Wildman–Crippen MR) is 73.6 cm³/mol. The highest BCUT2D eigenvalue weighted by Crippen LogP contribution is 2.26. The first-order chi connectivity index (χ1) is 8.91. The van der Waals surface area contributed by atoms with Crippen LogP contribution in [0, 0.1) is 6.92 Å². The molecule has 1 heterocycles. The molecule has 0 unspecified atom stereocenters. The van der Waals surface area contributed by atoms with Crippen LogP contribution in [-0.2, 0) is 4.79 Å². The van der Waals surface area contributed by atoms with Crippen molar-refractivity contribution in [3.8, 4) is 0 Å². The number of carbonyl (C=O) groups is 2. The van der Waals surface area contributed by atoms with Gasteiger partial charge in [0.05, 0.1) is 5.69 Å². The summed E-state index contributed by atoms with van der Waals surface area (Å²) in [5.74, 6) is -0.301. The molecule has 1 fully saturated rings. The van der Waals surface area contributed by atoms with E-state index in [1.807, 2.05) is 33.2 Å². The standard InChI is InChI=1S/C14H17N3O2/c1-10-5-7-11(8-6-10)17-13(18)12(9-15(2)3)16(4)14(17)19/h5-9H,1-4H3/b12-9-. The summed E-state index contributed by atoms with van der Waals surface area (Å²) in [5.41, 5.74) is 2.05. The number of nitrogens with zero attached hydrogens (tertiary/aromatic N) is 3. The minimum Gasteiger partial charge on any atom is -0.382 e. The molecule has 0 saturated carbocycles. The summed E-state index contributed by atoms with van der Waals surface area (Å²) in [6.45, 7) is 1.96. The first-order valence-electron chi connectivity index (χ1n) is 5.99. The third kappa shape index (κ3) is 2.31. The van der Waals surface area contributed by atoms with E-state index in [1.54, 1.807) is 30.3 Å². The minimum atomic E-state index is -0.332. The van der Waals surface area contributed by atoms with E-state index < -0.39 is 0 Å². The van der Waals surface area contributed by atoms with Crippen LogP contribution >= 0.6 is 0 Å². The maximum atomic E-state index is 12.3. The molecule has 2 rings (SSSR count). The van der Waals surface area contributed by atoms with Gasteiger partial charge in [0.2, 0.25) is 0 Å². The number of hydrogen-bond acceptors (Lipinski definition) is 3. The molecule has 1 aliphatic rings. The number of anilines is 1. The lowest BCUT2D eigenvalue weighted by molar-refractivity contribution is -0.114. The van der Waals surface area contributed by atoms with Crippen molar-refractivity contribution in [2.75, 3.05) is 26.0 Å². The van der Waals surface area contributed by atoms with Gasteiger partial charge in [-0.2, -0.15) is 0 Å². The van der Waals surface area contributed by atoms with Crippen LogP contribution < -0.4 is 4.90 Å². The Kier molecular flexibility index (Phi) is 3.29. The summed E-state index contributed by atoms with van der Waals surface area (Å²) in [5, 5.41) is 0. The number of aryl methyl sites for hydroxylation is 1. The van der Waals surface area contributed by atoms with Crippen molar-refractivity contribution in [2.45, 2.75) is 6.92 Å². The monoisotopic (exact) mass is 259 g/mol. The molecule has 0 spiro atoms. The first-order valence-corrected chi connectivity index (χ1v) is 5.99. The van der Waals surface area contributed by atoms with Gasteiger partial charge in [-0.1, -0.05) is 17.7 Å². The van der Waals surface area contributed by atoms with Crippen LogP contribution in [-0.4, -0.2) is 42.9 Å². The highest BCUT2D eigenvalue weighted by molar-refractivity contribution is 6.26. The van der Waals surface area contributed by atoms with Gasteiger partial charge in [0.25, 0.3) is 5.91 Å². The number of carbonyl (C=O) groups excluding carboxylic acids is 2. The van der Waals surface area contributed by atoms with E-state index in [9.17, 15) is 9.59 Å². The molecule has 0 N–H and O–H groups in total. The summed E-state index contributed by atoms with van der Waals surface area (Å²) in [7, 11) is 5.23. The number of urea groups is 1. The molecular formula is C14H17N3O2. The Labute approximate surface area is 112 Å². The number of hydrogen-bond donors (Lipinski definition) is 0. The van der Waals surface area contributed by atoms with Crippen LogP contribution in [0.2, 0.25) is 0 Å². The van der Waals surface area contributed by atoms with Gasteiger partial charge in [-0.3, -0.25) is 9.69 Å². The second-order valence-electron chi connectivity index (χ2n) is 4.80. The number of rotatable bonds is 2. The molecule has 1 aliphatic heterocycles. The van der Waals surface area contributed by atoms with Crippen molar-refractivity contribution in [2.24, 2.45) is 0 Å². The maximum Gasteiger partial charge on any atom is 0.336 e. The lowest BCUT2D eigenvalue weighted by Gasteiger charge is -2.13. The van der Waals surface area contributed by atoms with Crippen LogP contribution in [0.25, 0.3) is 0 Å². The van der Waals surface area contributed by atoms with Crippen LogP contribution in [0.4, 0.5) is 10.5 Å². The Morgan fingerprint density at radius 3 is 2.21 bits per heavy atom. The van der Waals surface area contributed by atoms with E-state index in [0.29, 0.717) is 11.4 Å². The van der Waals surface area contributed by atoms with Gasteiger partial charge in [0.15, 0.2) is 0 Å². The predicted octanol–water partition coefficient (Wildman–Crippen LogP) is 1.80. The zero-order valence-corrected chi connectivity index (χ0v) is 11.5. The van der Waals surface area contributed by atoms with Crippen molar-refractivity contribution in [1.29, 1.82) is 0 Å². The van der Waals surface area contributed by atoms with Crippen LogP contribution in [0.1, 0.15) is 5.56 Å². The van der Waals surface area contributed by atoms with Crippen molar-refractivity contribution < 1.29 is 9.59 Å². The molecule has 0 atom stereocenters. The molecule has 5 nitrogen and oxygen atoms in total. The Balaban J connectivity index is 2.40. The number of benzene rings is 1. The Hall–Kier alpha value is -2.30. The summed E-state index contributed by atoms with van der Waals surface area (Å²) >= 11 is 0. The summed E-state index contributed by atoms with van der Waals surface area (Å²) in [4.78, 5) is 28.8. The molecule has 5 heteroatoms. The average molecular weight is 259 g/mol. The van der Waals surface area contributed by atoms with Crippen molar-refractivity contribution in [3.63, 3.8) is 0 Å². The highest BCUT2D eigenvalue weighted by Gasteiger charge is 2.39. The van der Waals surface area contributed by atoms with Crippen molar-refractivity contribution in [3.05, 3.63) is 41.7 Å². The van der Waals surface area contributed by atoms with Gasteiger partial charge in [0, 0.05) is 27.3 Å². The normalized spacial score (nSPS) is 17.6. The third-order valence-corrected chi connectivity index (χ3v) is 2.93. The molecule has 1 aromatic rings. The van der Waals surface area contributed by atoms with E-state index in [1.165, 1.54) is 9.80 Å². The van der Waals surface area contributed by atoms with Gasteiger partial charge in [-0.15, -0.1) is 0 Å². The minimum absolute atomic E-state index is 0.301. The van der Waals surface area contributed by atoms with Crippen molar-refractivity contribution in [1.82, 2.24) is 9.80 Å². The van der Waals surface area contributed by atoms with Gasteiger partial charge in [-0.05, 0) is 19.1 Å². The summed E-state index contributed by atoms with van der Waals surface area (Å²) in [6, 6.07) is 6.98. The van der Waals surface area contributed by atoms with Crippen LogP contribution in [0.15, 0.2) is 36.2 Å². The quantitative estimate of drug-likeness (QED) is 0.601. The topological polar surface area (TPSA) is 43.9 Å². The lowest BCUT2D eigenvalue weighted by atomic mass is 10.2. The van der Waals surface area contributed by atoms with Gasteiger partial charge in [0.1, 0.15) is 5.70 Å². The Morgan fingerprint density at radius 1 is 1.11 bits per heavy atom. The molecule has 3 amide bonds. The summed E-state index contributed by atoms with van der Waals surface area (Å²) < 4.78 is 0. The smallest absolute Gasteiger partial charge is 0.336 e. The van der Waals surface area contributed by atoms with Crippen LogP contribution in [0.3, 0.4) is 0 Å². The Bertz CT molecular complexity index is 546. The van der Waals surface area contributed by atoms with Gasteiger partial charge in [-0.25, -0.2) is 9.69 Å². The molecule has 100 valence electrons. The van der Waals surface area contributed by atoms with E-state index in [-0.39, 0.29) is 11.9 Å². The van der Waals surface area contributed by atoms with Crippen molar-refractivity contribution >= 4 is 17.6 Å². The second kappa shape index (κ2) is 4.76. The number of likely N-dealkylation sites (N-methyl/N-ethyl adjacent to an activating group) is 1. The molecule has 0 aliphatic carbocycles. The largest absolute Gasteiger partial charge is 0.382 e. The van der Waals surface area contributed by atoms with Gasteiger partial charge >= 0.3 is 6.03 Å². The molecular weight excluding hydrogens is 242 g/mol. The van der Waals surface area contributed by atoms with Gasteiger partial charge < -0.3 is 4.90 Å². The molecule has 1 saturated heterocycles. The number of imide groups is 1. The Morgan fingerprint density at radius 2 is 1.68 bits per heavy atom. The molecule has 1 aromatic carbocycles. The zero-order valence-electron chi connectivity index (χ0n) is 11.5. The molecule has 19 heavy (non-hydrogen) atoms. The van der Waals surface area contributed by atoms with E-state index in [0.717, 1.165) is 5.56 Å². The first kappa shape index (κ1) is 13.1. The molecule has 0 radical (unpaired) electrons. The fourth-order valence-electron chi connectivity index (χ4n) is 1.91. The fraction of sp³-hybridized carbons (Fsp3) is 0.286. The average Bonchev–Trinajstić information content (AvgIpc) is 2.55. The second-order valence-corrected chi connectivity index (χ2v) is 4.80. The van der Waals surface area contributed by atoms with E-state index in [2.05, 4.69) is 0 Å². The molecule has 0 bridgehead atoms. The lowest BCUT2D eigenvalue weighted by Crippen LogP contribution is -2.31. The zero-order chi connectivity index (χ0) is 14.2. The highest BCUT2D eigenvalue weighted by atomic mass is 16.2. The SMILES string of the molecule is Cc1ccc(N2C(=O)/C(=C/N(C)C)N(C)C2=O)cc1. The van der Waals surface area contributed by atoms with E-state index in [4.69, 9.17) is 0 Å². The van der Waals surface area contributed by atoms with E-state index >= 15 is 0 Å². The third-order valence-electron chi connectivity index (χ3n) is 2.93. The molecule has 0 aromatic heterocycles. The fourth-order valence-corrected chi connectivity index (χ4v) is 1.91. The summed E-state index contributed by atoms with van der Waals surface area (Å²) in [6.07, 6.45) is 1.65. The van der Waals surface area contributed by atoms with Crippen LogP contribution in [0.5, 0.6) is 0 Å². The maximum absolute atomic E-state index is 12.3.